The fourth-order valence-electron chi connectivity index (χ4n) is 2.26. The Kier molecular flexibility index (Phi) is 2.27. The third kappa shape index (κ3) is 1.33. The van der Waals surface area contributed by atoms with Gasteiger partial charge in [-0.1, -0.05) is 25.2 Å². The van der Waals surface area contributed by atoms with Crippen LogP contribution in [0.15, 0.2) is 6.20 Å². The number of hydrogen-bond acceptors (Lipinski definition) is 4. The summed E-state index contributed by atoms with van der Waals surface area (Å²) in [5.41, 5.74) is 6.07. The number of thiazole rings is 1. The summed E-state index contributed by atoms with van der Waals surface area (Å²) < 4.78 is 5.09. The molecule has 2 rings (SSSR count). The number of nitrogens with zero attached hydrogens (tertiary/aromatic N) is 1. The van der Waals surface area contributed by atoms with Crippen molar-refractivity contribution in [3.8, 4) is 5.19 Å². The lowest BCUT2D eigenvalue weighted by molar-refractivity contribution is 0.412. The molecule has 1 aromatic heterocycles. The van der Waals surface area contributed by atoms with Gasteiger partial charge in [0.15, 0.2) is 0 Å². The normalized spacial score (nSPS) is 28.9. The Balaban J connectivity index is 2.18. The molecule has 78 valence electrons. The molecule has 0 unspecified atom stereocenters. The lowest BCUT2D eigenvalue weighted by atomic mass is 10.1. The predicted octanol–water partition coefficient (Wildman–Crippen LogP) is 1.85. The third-order valence-corrected chi connectivity index (χ3v) is 4.33. The molecule has 0 amide bonds. The highest BCUT2D eigenvalue weighted by Crippen LogP contribution is 2.64. The molecule has 1 fully saturated rings. The van der Waals surface area contributed by atoms with Crippen LogP contribution >= 0.6 is 11.3 Å². The summed E-state index contributed by atoms with van der Waals surface area (Å²) in [4.78, 5) is 5.49. The van der Waals surface area contributed by atoms with Crippen LogP contribution in [0.5, 0.6) is 5.19 Å². The minimum Gasteiger partial charge on any atom is -0.473 e. The van der Waals surface area contributed by atoms with Gasteiger partial charge in [-0.3, -0.25) is 0 Å². The van der Waals surface area contributed by atoms with Crippen LogP contribution in [0.25, 0.3) is 0 Å². The second-order valence-electron chi connectivity index (χ2n) is 4.37. The number of hydrogen-bond donors (Lipinski definition) is 1. The highest BCUT2D eigenvalue weighted by atomic mass is 32.1. The van der Waals surface area contributed by atoms with Crippen molar-refractivity contribution in [3.63, 3.8) is 0 Å². The summed E-state index contributed by atoms with van der Waals surface area (Å²) in [5, 5.41) is 0.749. The van der Waals surface area contributed by atoms with Gasteiger partial charge >= 0.3 is 0 Å². The maximum Gasteiger partial charge on any atom is 0.273 e. The van der Waals surface area contributed by atoms with Crippen LogP contribution in [0, 0.1) is 11.3 Å². The van der Waals surface area contributed by atoms with Crippen LogP contribution < -0.4 is 10.5 Å². The summed E-state index contributed by atoms with van der Waals surface area (Å²) in [6, 6.07) is 0. The molecular weight excluding hydrogens is 196 g/mol. The molecule has 1 aliphatic rings. The predicted molar refractivity (Wildman–Crippen MR) is 57.7 cm³/mol. The molecule has 0 saturated heterocycles. The van der Waals surface area contributed by atoms with Crippen molar-refractivity contribution in [2.45, 2.75) is 19.8 Å². The van der Waals surface area contributed by atoms with Crippen molar-refractivity contribution in [1.82, 2.24) is 4.98 Å². The van der Waals surface area contributed by atoms with Crippen molar-refractivity contribution >= 4 is 11.3 Å². The fraction of sp³-hybridized carbons (Fsp3) is 0.700. The largest absolute Gasteiger partial charge is 0.473 e. The Morgan fingerprint density at radius 2 is 2.36 bits per heavy atom. The van der Waals surface area contributed by atoms with E-state index in [9.17, 15) is 0 Å². The van der Waals surface area contributed by atoms with Crippen LogP contribution in [-0.4, -0.2) is 18.6 Å². The molecule has 1 aromatic rings. The number of nitrogens with two attached hydrogens (primary N) is 1. The number of rotatable bonds is 3. The van der Waals surface area contributed by atoms with Crippen molar-refractivity contribution in [1.29, 1.82) is 0 Å². The summed E-state index contributed by atoms with van der Waals surface area (Å²) in [5.74, 6) is 1.18. The van der Waals surface area contributed by atoms with Crippen molar-refractivity contribution in [2.24, 2.45) is 17.1 Å². The van der Waals surface area contributed by atoms with Crippen molar-refractivity contribution in [3.05, 3.63) is 11.1 Å². The SMILES string of the molecule is COc1ncc([C@@H]2[C@@H](CN)C2(C)C)s1. The minimum atomic E-state index is 0.340. The van der Waals surface area contributed by atoms with Gasteiger partial charge in [-0.2, -0.15) is 0 Å². The van der Waals surface area contributed by atoms with E-state index in [-0.39, 0.29) is 0 Å². The van der Waals surface area contributed by atoms with E-state index < -0.39 is 0 Å². The molecule has 14 heavy (non-hydrogen) atoms. The molecule has 2 atom stereocenters. The molecule has 4 heteroatoms. The van der Waals surface area contributed by atoms with E-state index in [1.807, 2.05) is 6.20 Å². The zero-order chi connectivity index (χ0) is 10.3. The average molecular weight is 212 g/mol. The maximum atomic E-state index is 5.73. The zero-order valence-corrected chi connectivity index (χ0v) is 9.60. The Bertz CT molecular complexity index is 335. The fourth-order valence-corrected chi connectivity index (χ4v) is 3.35. The lowest BCUT2D eigenvalue weighted by Gasteiger charge is -1.98. The standard InChI is InChI=1S/C10H16N2OS/c1-10(2)6(4-11)8(10)7-5-12-9(13-3)14-7/h5-6,8H,4,11H2,1-3H3/t6-,8+/m1/s1. The number of ether oxygens (including phenoxy) is 1. The summed E-state index contributed by atoms with van der Waals surface area (Å²) in [7, 11) is 1.65. The van der Waals surface area contributed by atoms with Crippen molar-refractivity contribution in [2.75, 3.05) is 13.7 Å². The summed E-state index contributed by atoms with van der Waals surface area (Å²) in [6.07, 6.45) is 1.92. The average Bonchev–Trinajstić information content (AvgIpc) is 2.55. The molecule has 2 N–H and O–H groups in total. The maximum absolute atomic E-state index is 5.73. The molecule has 1 heterocycles. The molecule has 0 bridgehead atoms. The van der Waals surface area contributed by atoms with E-state index in [2.05, 4.69) is 18.8 Å². The molecular formula is C10H16N2OS. The van der Waals surface area contributed by atoms with Crippen molar-refractivity contribution < 1.29 is 4.74 Å². The van der Waals surface area contributed by atoms with Gasteiger partial charge in [0.25, 0.3) is 5.19 Å². The Morgan fingerprint density at radius 1 is 1.64 bits per heavy atom. The topological polar surface area (TPSA) is 48.1 Å². The Morgan fingerprint density at radius 3 is 2.79 bits per heavy atom. The van der Waals surface area contributed by atoms with Gasteiger partial charge in [-0.15, -0.1) is 0 Å². The van der Waals surface area contributed by atoms with E-state index in [1.165, 1.54) is 4.88 Å². The van der Waals surface area contributed by atoms with Gasteiger partial charge in [0.2, 0.25) is 0 Å². The first-order valence-electron chi connectivity index (χ1n) is 4.81. The molecule has 0 spiro atoms. The second-order valence-corrected chi connectivity index (χ2v) is 5.40. The monoisotopic (exact) mass is 212 g/mol. The Hall–Kier alpha value is -0.610. The van der Waals surface area contributed by atoms with Gasteiger partial charge in [0, 0.05) is 17.0 Å². The van der Waals surface area contributed by atoms with E-state index in [1.54, 1.807) is 18.4 Å². The highest BCUT2D eigenvalue weighted by molar-refractivity contribution is 7.13. The van der Waals surface area contributed by atoms with E-state index in [0.717, 1.165) is 11.7 Å². The highest BCUT2D eigenvalue weighted by Gasteiger charge is 2.58. The molecule has 0 radical (unpaired) electrons. The van der Waals surface area contributed by atoms with Crippen LogP contribution in [0.3, 0.4) is 0 Å². The summed E-state index contributed by atoms with van der Waals surface area (Å²) in [6.45, 7) is 5.29. The smallest absolute Gasteiger partial charge is 0.273 e. The first-order chi connectivity index (χ1) is 6.61. The van der Waals surface area contributed by atoms with Crippen LogP contribution in [-0.2, 0) is 0 Å². The van der Waals surface area contributed by atoms with E-state index >= 15 is 0 Å². The third-order valence-electron chi connectivity index (χ3n) is 3.29. The van der Waals surface area contributed by atoms with E-state index in [4.69, 9.17) is 10.5 Å². The van der Waals surface area contributed by atoms with Crippen LogP contribution in [0.2, 0.25) is 0 Å². The Labute approximate surface area is 88.3 Å². The number of methoxy groups -OCH3 is 1. The molecule has 1 saturated carbocycles. The van der Waals surface area contributed by atoms with Gasteiger partial charge in [-0.25, -0.2) is 4.98 Å². The molecule has 3 nitrogen and oxygen atoms in total. The van der Waals surface area contributed by atoms with E-state index in [0.29, 0.717) is 17.3 Å². The summed E-state index contributed by atoms with van der Waals surface area (Å²) >= 11 is 1.64. The first-order valence-corrected chi connectivity index (χ1v) is 5.62. The second kappa shape index (κ2) is 3.21. The molecule has 0 aromatic carbocycles. The van der Waals surface area contributed by atoms with Gasteiger partial charge in [0.1, 0.15) is 0 Å². The van der Waals surface area contributed by atoms with Crippen LogP contribution in [0.4, 0.5) is 0 Å². The number of aromatic nitrogens is 1. The first kappa shape index (κ1) is 9.93. The van der Waals surface area contributed by atoms with Gasteiger partial charge in [-0.05, 0) is 17.9 Å². The minimum absolute atomic E-state index is 0.340. The zero-order valence-electron chi connectivity index (χ0n) is 8.78. The molecule has 0 aliphatic heterocycles. The van der Waals surface area contributed by atoms with Gasteiger partial charge in [0.05, 0.1) is 7.11 Å². The quantitative estimate of drug-likeness (QED) is 0.831. The lowest BCUT2D eigenvalue weighted by Crippen LogP contribution is -2.05. The molecule has 1 aliphatic carbocycles. The van der Waals surface area contributed by atoms with Crippen LogP contribution in [0.1, 0.15) is 24.6 Å². The van der Waals surface area contributed by atoms with Gasteiger partial charge < -0.3 is 10.5 Å².